The summed E-state index contributed by atoms with van der Waals surface area (Å²) in [5, 5.41) is 8.24. The van der Waals surface area contributed by atoms with Gasteiger partial charge in [0.05, 0.1) is 10.9 Å². The molecule has 158 valence electrons. The number of pyridine rings is 1. The number of carbonyl (C=O) groups is 1. The zero-order valence-electron chi connectivity index (χ0n) is 17.4. The van der Waals surface area contributed by atoms with Crippen molar-refractivity contribution in [2.75, 3.05) is 12.3 Å². The number of aryl methyl sites for hydroxylation is 1. The Kier molecular flexibility index (Phi) is 5.10. The maximum Gasteiger partial charge on any atom is 0.270 e. The van der Waals surface area contributed by atoms with Crippen molar-refractivity contribution in [3.05, 3.63) is 66.0 Å². The standard InChI is InChI=1S/C22H22FN7O/c1-13-7-9-14(10-8-13)18-17-19(24)26-12-27-20(17)30(29-18)22(2,3)11-25-21(31)15-5-4-6-16(23)28-15/h4-10,12H,11H2,1-3H3,(H,25,31)(H2,24,26,27). The lowest BCUT2D eigenvalue weighted by Crippen LogP contribution is -2.41. The van der Waals surface area contributed by atoms with Crippen LogP contribution in [0, 0.1) is 12.9 Å². The molecule has 3 aromatic heterocycles. The summed E-state index contributed by atoms with van der Waals surface area (Å²) in [6, 6.07) is 12.0. The van der Waals surface area contributed by atoms with E-state index in [1.54, 1.807) is 4.68 Å². The predicted octanol–water partition coefficient (Wildman–Crippen LogP) is 3.08. The third-order valence-corrected chi connectivity index (χ3v) is 5.02. The van der Waals surface area contributed by atoms with E-state index in [0.717, 1.165) is 11.1 Å². The first-order valence-electron chi connectivity index (χ1n) is 9.74. The number of rotatable bonds is 5. The van der Waals surface area contributed by atoms with E-state index >= 15 is 0 Å². The zero-order valence-corrected chi connectivity index (χ0v) is 17.4. The Bertz CT molecular complexity index is 1260. The van der Waals surface area contributed by atoms with E-state index in [-0.39, 0.29) is 12.2 Å². The van der Waals surface area contributed by atoms with Gasteiger partial charge in [0, 0.05) is 12.1 Å². The number of nitrogens with one attached hydrogen (secondary N) is 1. The highest BCUT2D eigenvalue weighted by Gasteiger charge is 2.28. The van der Waals surface area contributed by atoms with Gasteiger partial charge in [-0.1, -0.05) is 35.9 Å². The molecule has 0 aliphatic carbocycles. The summed E-state index contributed by atoms with van der Waals surface area (Å²) in [5.74, 6) is -0.854. The third-order valence-electron chi connectivity index (χ3n) is 5.02. The second kappa shape index (κ2) is 7.75. The highest BCUT2D eigenvalue weighted by Crippen LogP contribution is 2.33. The minimum absolute atomic E-state index is 0.00744. The molecule has 9 heteroatoms. The van der Waals surface area contributed by atoms with Gasteiger partial charge < -0.3 is 11.1 Å². The quantitative estimate of drug-likeness (QED) is 0.481. The van der Waals surface area contributed by atoms with Gasteiger partial charge in [-0.25, -0.2) is 19.6 Å². The van der Waals surface area contributed by atoms with Crippen molar-refractivity contribution >= 4 is 22.8 Å². The summed E-state index contributed by atoms with van der Waals surface area (Å²) in [7, 11) is 0. The summed E-state index contributed by atoms with van der Waals surface area (Å²) in [4.78, 5) is 24.6. The molecule has 0 saturated carbocycles. The number of benzene rings is 1. The molecule has 0 atom stereocenters. The van der Waals surface area contributed by atoms with Crippen molar-refractivity contribution in [3.8, 4) is 11.3 Å². The number of aromatic nitrogens is 5. The number of amides is 1. The van der Waals surface area contributed by atoms with Crippen LogP contribution in [-0.4, -0.2) is 37.2 Å². The number of nitrogen functional groups attached to an aromatic ring is 1. The van der Waals surface area contributed by atoms with Crippen molar-refractivity contribution in [2.45, 2.75) is 26.3 Å². The van der Waals surface area contributed by atoms with Gasteiger partial charge in [-0.05, 0) is 32.9 Å². The molecule has 1 amide bonds. The number of anilines is 1. The molecule has 3 N–H and O–H groups in total. The second-order valence-electron chi connectivity index (χ2n) is 7.92. The Morgan fingerprint density at radius 3 is 2.61 bits per heavy atom. The number of hydrogen-bond donors (Lipinski definition) is 2. The second-order valence-corrected chi connectivity index (χ2v) is 7.92. The van der Waals surface area contributed by atoms with Crippen LogP contribution in [0.2, 0.25) is 0 Å². The molecule has 8 nitrogen and oxygen atoms in total. The highest BCUT2D eigenvalue weighted by molar-refractivity contribution is 5.98. The summed E-state index contributed by atoms with van der Waals surface area (Å²) < 4.78 is 15.1. The summed E-state index contributed by atoms with van der Waals surface area (Å²) in [6.45, 7) is 6.04. The summed E-state index contributed by atoms with van der Waals surface area (Å²) in [6.07, 6.45) is 1.39. The number of fused-ring (bicyclic) bond motifs is 1. The molecule has 0 bridgehead atoms. The monoisotopic (exact) mass is 419 g/mol. The van der Waals surface area contributed by atoms with Crippen LogP contribution in [0.25, 0.3) is 22.3 Å². The molecular weight excluding hydrogens is 397 g/mol. The van der Waals surface area contributed by atoms with Gasteiger partial charge in [0.25, 0.3) is 5.91 Å². The van der Waals surface area contributed by atoms with Gasteiger partial charge in [-0.2, -0.15) is 9.49 Å². The Morgan fingerprint density at radius 1 is 1.16 bits per heavy atom. The lowest BCUT2D eigenvalue weighted by molar-refractivity contribution is 0.0930. The van der Waals surface area contributed by atoms with E-state index in [1.807, 2.05) is 45.0 Å². The first-order valence-corrected chi connectivity index (χ1v) is 9.74. The molecule has 1 aromatic carbocycles. The Balaban J connectivity index is 1.70. The van der Waals surface area contributed by atoms with Gasteiger partial charge in [0.2, 0.25) is 5.95 Å². The van der Waals surface area contributed by atoms with E-state index in [9.17, 15) is 9.18 Å². The topological polar surface area (TPSA) is 112 Å². The van der Waals surface area contributed by atoms with E-state index in [1.165, 1.54) is 24.5 Å². The van der Waals surface area contributed by atoms with Crippen molar-refractivity contribution in [1.82, 2.24) is 30.0 Å². The first kappa shape index (κ1) is 20.4. The van der Waals surface area contributed by atoms with E-state index < -0.39 is 17.4 Å². The normalized spacial score (nSPS) is 11.6. The average Bonchev–Trinajstić information content (AvgIpc) is 3.15. The van der Waals surface area contributed by atoms with E-state index in [0.29, 0.717) is 22.5 Å². The molecule has 3 heterocycles. The van der Waals surface area contributed by atoms with Crippen LogP contribution in [0.4, 0.5) is 10.2 Å². The van der Waals surface area contributed by atoms with Crippen LogP contribution in [-0.2, 0) is 5.54 Å². The SMILES string of the molecule is Cc1ccc(-c2nn(C(C)(C)CNC(=O)c3cccc(F)n3)c3ncnc(N)c23)cc1. The summed E-state index contributed by atoms with van der Waals surface area (Å²) in [5.41, 5.74) is 8.75. The number of nitrogens with two attached hydrogens (primary N) is 1. The minimum atomic E-state index is -0.708. The fourth-order valence-electron chi connectivity index (χ4n) is 3.31. The molecule has 31 heavy (non-hydrogen) atoms. The number of halogens is 1. The minimum Gasteiger partial charge on any atom is -0.383 e. The Morgan fingerprint density at radius 2 is 1.90 bits per heavy atom. The molecule has 4 aromatic rings. The van der Waals surface area contributed by atoms with Crippen molar-refractivity contribution < 1.29 is 9.18 Å². The molecular formula is C22H22FN7O. The number of carbonyl (C=O) groups excluding carboxylic acids is 1. The predicted molar refractivity (Wildman–Crippen MR) is 116 cm³/mol. The number of nitrogens with zero attached hydrogens (tertiary/aromatic N) is 5. The average molecular weight is 419 g/mol. The fourth-order valence-corrected chi connectivity index (χ4v) is 3.31. The zero-order chi connectivity index (χ0) is 22.2. The largest absolute Gasteiger partial charge is 0.383 e. The van der Waals surface area contributed by atoms with Crippen LogP contribution in [0.15, 0.2) is 48.8 Å². The summed E-state index contributed by atoms with van der Waals surface area (Å²) >= 11 is 0. The maximum atomic E-state index is 13.3. The maximum absolute atomic E-state index is 13.3. The fraction of sp³-hybridized carbons (Fsp3) is 0.227. The smallest absolute Gasteiger partial charge is 0.270 e. The van der Waals surface area contributed by atoms with Crippen molar-refractivity contribution in [1.29, 1.82) is 0 Å². The van der Waals surface area contributed by atoms with E-state index in [4.69, 9.17) is 10.8 Å². The highest BCUT2D eigenvalue weighted by atomic mass is 19.1. The van der Waals surface area contributed by atoms with Crippen LogP contribution >= 0.6 is 0 Å². The van der Waals surface area contributed by atoms with Crippen LogP contribution in [0.3, 0.4) is 0 Å². The Labute approximate surface area is 178 Å². The molecule has 4 rings (SSSR count). The molecule has 0 fully saturated rings. The van der Waals surface area contributed by atoms with Gasteiger partial charge in [0.15, 0.2) is 5.65 Å². The molecule has 0 aliphatic rings. The number of hydrogen-bond acceptors (Lipinski definition) is 6. The molecule has 0 unspecified atom stereocenters. The van der Waals surface area contributed by atoms with Crippen molar-refractivity contribution in [2.24, 2.45) is 0 Å². The molecule has 0 spiro atoms. The van der Waals surface area contributed by atoms with Crippen molar-refractivity contribution in [3.63, 3.8) is 0 Å². The van der Waals surface area contributed by atoms with Gasteiger partial charge in [-0.3, -0.25) is 4.79 Å². The Hall–Kier alpha value is -3.88. The lowest BCUT2D eigenvalue weighted by Gasteiger charge is -2.26. The first-order chi connectivity index (χ1) is 14.8. The molecule has 0 saturated heterocycles. The van der Waals surface area contributed by atoms with Gasteiger partial charge in [-0.15, -0.1) is 0 Å². The molecule has 0 aliphatic heterocycles. The molecule has 0 radical (unpaired) electrons. The van der Waals surface area contributed by atoms with Crippen LogP contribution in [0.1, 0.15) is 29.9 Å². The van der Waals surface area contributed by atoms with Crippen LogP contribution in [0.5, 0.6) is 0 Å². The lowest BCUT2D eigenvalue weighted by atomic mass is 10.1. The van der Waals surface area contributed by atoms with Gasteiger partial charge in [0.1, 0.15) is 23.5 Å². The van der Waals surface area contributed by atoms with E-state index in [2.05, 4.69) is 20.3 Å². The van der Waals surface area contributed by atoms with Gasteiger partial charge >= 0.3 is 0 Å². The van der Waals surface area contributed by atoms with Crippen LogP contribution < -0.4 is 11.1 Å². The third kappa shape index (κ3) is 3.94.